The number of ether oxygens (including phenoxy) is 1. The Balaban J connectivity index is 1.60. The predicted molar refractivity (Wildman–Crippen MR) is 93.5 cm³/mol. The molecule has 3 rings (SSSR count). The monoisotopic (exact) mass is 334 g/mol. The summed E-state index contributed by atoms with van der Waals surface area (Å²) in [7, 11) is 4.16. The fourth-order valence-corrected chi connectivity index (χ4v) is 3.65. The summed E-state index contributed by atoms with van der Waals surface area (Å²) in [4.78, 5) is 9.18. The maximum absolute atomic E-state index is 5.91. The third-order valence-corrected chi connectivity index (χ3v) is 4.89. The van der Waals surface area contributed by atoms with Crippen LogP contribution in [0, 0.1) is 5.92 Å². The lowest BCUT2D eigenvalue weighted by Gasteiger charge is -2.23. The van der Waals surface area contributed by atoms with Crippen LogP contribution in [-0.4, -0.2) is 59.7 Å². The van der Waals surface area contributed by atoms with Crippen LogP contribution >= 0.6 is 11.3 Å². The summed E-state index contributed by atoms with van der Waals surface area (Å²) >= 11 is 1.76. The first-order valence-corrected chi connectivity index (χ1v) is 9.11. The van der Waals surface area contributed by atoms with Crippen LogP contribution in [0.1, 0.15) is 11.4 Å². The van der Waals surface area contributed by atoms with Gasteiger partial charge in [0.2, 0.25) is 0 Å². The summed E-state index contributed by atoms with van der Waals surface area (Å²) in [6, 6.07) is 2.21. The minimum absolute atomic E-state index is 0.506. The van der Waals surface area contributed by atoms with Crippen molar-refractivity contribution in [1.82, 2.24) is 19.4 Å². The largest absolute Gasteiger partial charge is 0.380 e. The fourth-order valence-electron chi connectivity index (χ4n) is 2.99. The van der Waals surface area contributed by atoms with Crippen molar-refractivity contribution in [3.05, 3.63) is 40.6 Å². The van der Waals surface area contributed by atoms with Crippen molar-refractivity contribution in [2.75, 3.05) is 40.4 Å². The molecule has 1 aliphatic heterocycles. The van der Waals surface area contributed by atoms with Crippen molar-refractivity contribution in [2.45, 2.75) is 19.6 Å². The van der Waals surface area contributed by atoms with E-state index in [4.69, 9.17) is 4.74 Å². The Labute approximate surface area is 142 Å². The Morgan fingerprint density at radius 2 is 2.30 bits per heavy atom. The number of thiophene rings is 1. The van der Waals surface area contributed by atoms with Gasteiger partial charge in [-0.25, -0.2) is 4.98 Å². The smallest absolute Gasteiger partial charge is 0.122 e. The predicted octanol–water partition coefficient (Wildman–Crippen LogP) is 2.15. The first-order chi connectivity index (χ1) is 11.2. The molecule has 2 aromatic heterocycles. The highest BCUT2D eigenvalue weighted by molar-refractivity contribution is 7.07. The number of nitrogens with zero attached hydrogens (tertiary/aromatic N) is 4. The van der Waals surface area contributed by atoms with Gasteiger partial charge in [0, 0.05) is 44.5 Å². The van der Waals surface area contributed by atoms with E-state index < -0.39 is 0 Å². The molecule has 6 heteroatoms. The Morgan fingerprint density at radius 1 is 1.39 bits per heavy atom. The Morgan fingerprint density at radius 3 is 3.09 bits per heavy atom. The summed E-state index contributed by atoms with van der Waals surface area (Å²) in [5.41, 5.74) is 1.39. The average molecular weight is 334 g/mol. The number of hydrogen-bond acceptors (Lipinski definition) is 5. The minimum atomic E-state index is 0.506. The molecule has 0 aliphatic carbocycles. The van der Waals surface area contributed by atoms with Crippen LogP contribution < -0.4 is 0 Å². The molecule has 5 nitrogen and oxygen atoms in total. The van der Waals surface area contributed by atoms with E-state index in [0.29, 0.717) is 5.92 Å². The molecule has 0 bridgehead atoms. The lowest BCUT2D eigenvalue weighted by Crippen LogP contribution is -2.30. The summed E-state index contributed by atoms with van der Waals surface area (Å²) < 4.78 is 8.20. The standard InChI is InChI=1S/C17H26N4OS/c1-19(2)6-7-22-13-16-10-20(9-15-3-8-23-14-15)12-17-18-4-5-21(17)11-16/h3-5,8,14,16H,6-7,9-13H2,1-2H3/t16-/m0/s1. The van der Waals surface area contributed by atoms with E-state index in [1.807, 2.05) is 6.20 Å². The molecule has 0 fully saturated rings. The van der Waals surface area contributed by atoms with Crippen molar-refractivity contribution < 1.29 is 4.74 Å². The molecule has 126 valence electrons. The first-order valence-electron chi connectivity index (χ1n) is 8.16. The maximum atomic E-state index is 5.91. The van der Waals surface area contributed by atoms with Gasteiger partial charge in [-0.05, 0) is 36.5 Å². The second-order valence-electron chi connectivity index (χ2n) is 6.54. The zero-order valence-corrected chi connectivity index (χ0v) is 14.8. The Kier molecular flexibility index (Phi) is 5.83. The fraction of sp³-hybridized carbons (Fsp3) is 0.588. The van der Waals surface area contributed by atoms with E-state index >= 15 is 0 Å². The van der Waals surface area contributed by atoms with Gasteiger partial charge in [0.15, 0.2) is 0 Å². The highest BCUT2D eigenvalue weighted by Crippen LogP contribution is 2.19. The molecule has 1 atom stereocenters. The Hall–Kier alpha value is -1.21. The lowest BCUT2D eigenvalue weighted by molar-refractivity contribution is 0.0681. The van der Waals surface area contributed by atoms with Crippen LogP contribution in [-0.2, 0) is 24.4 Å². The van der Waals surface area contributed by atoms with Gasteiger partial charge in [0.25, 0.3) is 0 Å². The molecule has 0 spiro atoms. The number of fused-ring (bicyclic) bond motifs is 1. The SMILES string of the molecule is CN(C)CCOC[C@H]1CN(Cc2ccsc2)Cc2nccn2C1. The molecule has 0 N–H and O–H groups in total. The number of likely N-dealkylation sites (N-methyl/N-ethyl adjacent to an activating group) is 1. The van der Waals surface area contributed by atoms with Crippen LogP contribution in [0.2, 0.25) is 0 Å². The molecular formula is C17H26N4OS. The molecular weight excluding hydrogens is 308 g/mol. The summed E-state index contributed by atoms with van der Waals surface area (Å²) in [6.45, 7) is 6.54. The Bertz CT molecular complexity index is 581. The van der Waals surface area contributed by atoms with E-state index in [-0.39, 0.29) is 0 Å². The van der Waals surface area contributed by atoms with Crippen LogP contribution in [0.5, 0.6) is 0 Å². The van der Waals surface area contributed by atoms with Crippen LogP contribution in [0.4, 0.5) is 0 Å². The number of hydrogen-bond donors (Lipinski definition) is 0. The number of rotatable bonds is 7. The number of imidazole rings is 1. The topological polar surface area (TPSA) is 33.5 Å². The molecule has 0 radical (unpaired) electrons. The number of aromatic nitrogens is 2. The molecule has 0 aromatic carbocycles. The van der Waals surface area contributed by atoms with E-state index in [1.54, 1.807) is 11.3 Å². The van der Waals surface area contributed by atoms with E-state index in [2.05, 4.69) is 56.5 Å². The second-order valence-corrected chi connectivity index (χ2v) is 7.32. The minimum Gasteiger partial charge on any atom is -0.380 e. The van der Waals surface area contributed by atoms with E-state index in [1.165, 1.54) is 5.56 Å². The van der Waals surface area contributed by atoms with Crippen LogP contribution in [0.25, 0.3) is 0 Å². The van der Waals surface area contributed by atoms with Gasteiger partial charge in [0.05, 0.1) is 19.8 Å². The molecule has 3 heterocycles. The average Bonchev–Trinajstić information content (AvgIpc) is 3.13. The summed E-state index contributed by atoms with van der Waals surface area (Å²) in [5.74, 6) is 1.67. The third-order valence-electron chi connectivity index (χ3n) is 4.16. The first kappa shape index (κ1) is 16.6. The quantitative estimate of drug-likeness (QED) is 0.727. The van der Waals surface area contributed by atoms with Crippen LogP contribution in [0.3, 0.4) is 0 Å². The van der Waals surface area contributed by atoms with Gasteiger partial charge in [-0.2, -0.15) is 11.3 Å². The highest BCUT2D eigenvalue weighted by Gasteiger charge is 2.22. The third kappa shape index (κ3) is 4.88. The van der Waals surface area contributed by atoms with Crippen molar-refractivity contribution >= 4 is 11.3 Å². The maximum Gasteiger partial charge on any atom is 0.122 e. The van der Waals surface area contributed by atoms with Gasteiger partial charge < -0.3 is 14.2 Å². The van der Waals surface area contributed by atoms with Gasteiger partial charge in [0.1, 0.15) is 5.82 Å². The molecule has 0 saturated carbocycles. The van der Waals surface area contributed by atoms with Gasteiger partial charge in [-0.3, -0.25) is 4.90 Å². The van der Waals surface area contributed by atoms with Crippen molar-refractivity contribution in [3.8, 4) is 0 Å². The lowest BCUT2D eigenvalue weighted by atomic mass is 10.1. The normalized spacial score (nSPS) is 19.0. The second kappa shape index (κ2) is 8.06. The van der Waals surface area contributed by atoms with Crippen molar-refractivity contribution in [1.29, 1.82) is 0 Å². The van der Waals surface area contributed by atoms with Gasteiger partial charge in [-0.1, -0.05) is 0 Å². The van der Waals surface area contributed by atoms with Crippen molar-refractivity contribution in [3.63, 3.8) is 0 Å². The van der Waals surface area contributed by atoms with Crippen molar-refractivity contribution in [2.24, 2.45) is 5.92 Å². The molecule has 2 aromatic rings. The highest BCUT2D eigenvalue weighted by atomic mass is 32.1. The molecule has 23 heavy (non-hydrogen) atoms. The molecule has 0 unspecified atom stereocenters. The molecule has 0 saturated heterocycles. The summed E-state index contributed by atoms with van der Waals surface area (Å²) in [6.07, 6.45) is 4.00. The molecule has 0 amide bonds. The zero-order valence-electron chi connectivity index (χ0n) is 14.0. The van der Waals surface area contributed by atoms with E-state index in [9.17, 15) is 0 Å². The zero-order chi connectivity index (χ0) is 16.1. The summed E-state index contributed by atoms with van der Waals surface area (Å²) in [5, 5.41) is 4.38. The van der Waals surface area contributed by atoms with E-state index in [0.717, 1.165) is 51.8 Å². The van der Waals surface area contributed by atoms with Gasteiger partial charge in [-0.15, -0.1) is 0 Å². The van der Waals surface area contributed by atoms with Gasteiger partial charge >= 0.3 is 0 Å². The van der Waals surface area contributed by atoms with Crippen LogP contribution in [0.15, 0.2) is 29.2 Å². The molecule has 1 aliphatic rings.